The standard InChI is InChI=1S/C15H13N7O2/c16-13(23)9-22-20-14(19-21-22)11-3-1-2-4-12(11)18-15(24)10-5-7-17-8-6-10/h1-8H,9H2,(H2,16,23)(H,18,24). The van der Waals surface area contributed by atoms with Crippen LogP contribution in [0.25, 0.3) is 11.4 Å². The van der Waals surface area contributed by atoms with Crippen molar-refractivity contribution in [2.75, 3.05) is 5.32 Å². The van der Waals surface area contributed by atoms with Gasteiger partial charge in [0.2, 0.25) is 11.7 Å². The number of para-hydroxylation sites is 1. The molecule has 9 heteroatoms. The third kappa shape index (κ3) is 3.40. The molecule has 24 heavy (non-hydrogen) atoms. The number of hydrogen-bond donors (Lipinski definition) is 2. The molecule has 0 bridgehead atoms. The number of amides is 2. The largest absolute Gasteiger partial charge is 0.368 e. The minimum absolute atomic E-state index is 0.168. The average molecular weight is 323 g/mol. The molecule has 3 N–H and O–H groups in total. The lowest BCUT2D eigenvalue weighted by molar-refractivity contribution is -0.118. The second-order valence-electron chi connectivity index (χ2n) is 4.85. The quantitative estimate of drug-likeness (QED) is 0.702. The Morgan fingerprint density at radius 3 is 2.62 bits per heavy atom. The SMILES string of the molecule is NC(=O)Cn1nnc(-c2ccccc2NC(=O)c2ccncc2)n1. The van der Waals surface area contributed by atoms with Crippen LogP contribution in [0.3, 0.4) is 0 Å². The van der Waals surface area contributed by atoms with Crippen LogP contribution >= 0.6 is 0 Å². The Morgan fingerprint density at radius 2 is 1.88 bits per heavy atom. The van der Waals surface area contributed by atoms with Gasteiger partial charge in [-0.25, -0.2) is 0 Å². The lowest BCUT2D eigenvalue weighted by Crippen LogP contribution is -2.20. The maximum atomic E-state index is 12.3. The first-order valence-corrected chi connectivity index (χ1v) is 7.00. The van der Waals surface area contributed by atoms with E-state index in [1.54, 1.807) is 36.4 Å². The first-order valence-electron chi connectivity index (χ1n) is 7.00. The molecule has 0 saturated heterocycles. The topological polar surface area (TPSA) is 129 Å². The summed E-state index contributed by atoms with van der Waals surface area (Å²) in [7, 11) is 0. The molecule has 0 saturated carbocycles. The number of nitrogens with two attached hydrogens (primary N) is 1. The number of carbonyl (C=O) groups excluding carboxylic acids is 2. The number of nitrogens with zero attached hydrogens (tertiary/aromatic N) is 5. The zero-order chi connectivity index (χ0) is 16.9. The number of pyridine rings is 1. The fourth-order valence-electron chi connectivity index (χ4n) is 2.04. The molecule has 3 rings (SSSR count). The van der Waals surface area contributed by atoms with E-state index in [4.69, 9.17) is 5.73 Å². The Hall–Kier alpha value is -3.62. The van der Waals surface area contributed by atoms with Gasteiger partial charge in [-0.2, -0.15) is 4.80 Å². The smallest absolute Gasteiger partial charge is 0.255 e. The highest BCUT2D eigenvalue weighted by atomic mass is 16.2. The van der Waals surface area contributed by atoms with Crippen molar-refractivity contribution >= 4 is 17.5 Å². The maximum absolute atomic E-state index is 12.3. The lowest BCUT2D eigenvalue weighted by Gasteiger charge is -2.08. The summed E-state index contributed by atoms with van der Waals surface area (Å²) in [6.45, 7) is -0.168. The van der Waals surface area contributed by atoms with E-state index in [0.29, 0.717) is 16.8 Å². The van der Waals surface area contributed by atoms with Crippen molar-refractivity contribution in [1.29, 1.82) is 0 Å². The van der Waals surface area contributed by atoms with Gasteiger partial charge in [0.15, 0.2) is 0 Å². The van der Waals surface area contributed by atoms with Gasteiger partial charge < -0.3 is 11.1 Å². The molecule has 3 aromatic rings. The van der Waals surface area contributed by atoms with Crippen molar-refractivity contribution in [2.24, 2.45) is 5.73 Å². The van der Waals surface area contributed by atoms with Gasteiger partial charge in [-0.05, 0) is 29.5 Å². The van der Waals surface area contributed by atoms with Gasteiger partial charge in [-0.1, -0.05) is 12.1 Å². The van der Waals surface area contributed by atoms with Crippen molar-refractivity contribution < 1.29 is 9.59 Å². The van der Waals surface area contributed by atoms with Crippen LogP contribution in [0, 0.1) is 0 Å². The highest BCUT2D eigenvalue weighted by Gasteiger charge is 2.14. The molecule has 9 nitrogen and oxygen atoms in total. The van der Waals surface area contributed by atoms with E-state index in [1.165, 1.54) is 12.4 Å². The zero-order valence-electron chi connectivity index (χ0n) is 12.5. The average Bonchev–Trinajstić information content (AvgIpc) is 3.03. The third-order valence-corrected chi connectivity index (χ3v) is 3.11. The summed E-state index contributed by atoms with van der Waals surface area (Å²) in [5, 5.41) is 14.6. The van der Waals surface area contributed by atoms with E-state index >= 15 is 0 Å². The van der Waals surface area contributed by atoms with Crippen molar-refractivity contribution in [1.82, 2.24) is 25.2 Å². The van der Waals surface area contributed by atoms with Gasteiger partial charge >= 0.3 is 0 Å². The lowest BCUT2D eigenvalue weighted by atomic mass is 10.1. The van der Waals surface area contributed by atoms with Crippen LogP contribution in [0.1, 0.15) is 10.4 Å². The Kier molecular flexibility index (Phi) is 4.23. The molecule has 0 atom stereocenters. The number of benzene rings is 1. The Labute approximate surface area is 136 Å². The minimum atomic E-state index is -0.571. The zero-order valence-corrected chi connectivity index (χ0v) is 12.5. The number of primary amides is 1. The molecule has 2 aromatic heterocycles. The van der Waals surface area contributed by atoms with E-state index in [0.717, 1.165) is 4.80 Å². The van der Waals surface area contributed by atoms with Gasteiger partial charge in [-0.15, -0.1) is 10.2 Å². The Bertz CT molecular complexity index is 876. The summed E-state index contributed by atoms with van der Waals surface area (Å²) >= 11 is 0. The molecule has 0 spiro atoms. The fraction of sp³-hybridized carbons (Fsp3) is 0.0667. The van der Waals surface area contributed by atoms with Gasteiger partial charge in [-0.3, -0.25) is 14.6 Å². The summed E-state index contributed by atoms with van der Waals surface area (Å²) < 4.78 is 0. The predicted molar refractivity (Wildman–Crippen MR) is 84.6 cm³/mol. The summed E-state index contributed by atoms with van der Waals surface area (Å²) in [4.78, 5) is 28.2. The summed E-state index contributed by atoms with van der Waals surface area (Å²) in [6.07, 6.45) is 3.08. The Morgan fingerprint density at radius 1 is 1.12 bits per heavy atom. The van der Waals surface area contributed by atoms with E-state index in [1.807, 2.05) is 0 Å². The minimum Gasteiger partial charge on any atom is -0.368 e. The molecular weight excluding hydrogens is 310 g/mol. The van der Waals surface area contributed by atoms with E-state index in [2.05, 4.69) is 25.7 Å². The van der Waals surface area contributed by atoms with E-state index < -0.39 is 5.91 Å². The molecule has 0 radical (unpaired) electrons. The van der Waals surface area contributed by atoms with E-state index in [9.17, 15) is 9.59 Å². The highest BCUT2D eigenvalue weighted by molar-refractivity contribution is 6.05. The van der Waals surface area contributed by atoms with Crippen molar-refractivity contribution in [3.05, 3.63) is 54.4 Å². The molecule has 0 unspecified atom stereocenters. The molecule has 0 aliphatic rings. The van der Waals surface area contributed by atoms with Crippen LogP contribution in [0.15, 0.2) is 48.8 Å². The number of aromatic nitrogens is 5. The van der Waals surface area contributed by atoms with Crippen molar-refractivity contribution in [2.45, 2.75) is 6.54 Å². The number of anilines is 1. The number of carbonyl (C=O) groups is 2. The third-order valence-electron chi connectivity index (χ3n) is 3.11. The summed E-state index contributed by atoms with van der Waals surface area (Å²) in [6, 6.07) is 10.3. The van der Waals surface area contributed by atoms with Gasteiger partial charge in [0.1, 0.15) is 6.54 Å². The number of nitrogens with one attached hydrogen (secondary N) is 1. The van der Waals surface area contributed by atoms with Crippen molar-refractivity contribution in [3.8, 4) is 11.4 Å². The van der Waals surface area contributed by atoms with Gasteiger partial charge in [0.05, 0.1) is 5.69 Å². The van der Waals surface area contributed by atoms with Crippen LogP contribution in [-0.4, -0.2) is 37.0 Å². The van der Waals surface area contributed by atoms with E-state index in [-0.39, 0.29) is 18.3 Å². The van der Waals surface area contributed by atoms with Gasteiger partial charge in [0, 0.05) is 23.5 Å². The summed E-state index contributed by atoms with van der Waals surface area (Å²) in [5.74, 6) is -0.575. The molecule has 1 aromatic carbocycles. The maximum Gasteiger partial charge on any atom is 0.255 e. The Balaban J connectivity index is 1.87. The molecule has 0 fully saturated rings. The number of tetrazole rings is 1. The highest BCUT2D eigenvalue weighted by Crippen LogP contribution is 2.24. The second kappa shape index (κ2) is 6.65. The molecule has 0 aliphatic carbocycles. The molecule has 120 valence electrons. The molecular formula is C15H13N7O2. The van der Waals surface area contributed by atoms with Crippen LogP contribution < -0.4 is 11.1 Å². The first kappa shape index (κ1) is 15.3. The van der Waals surface area contributed by atoms with Crippen LogP contribution in [-0.2, 0) is 11.3 Å². The van der Waals surface area contributed by atoms with Crippen LogP contribution in [0.4, 0.5) is 5.69 Å². The molecule has 2 amide bonds. The first-order chi connectivity index (χ1) is 11.6. The fourth-order valence-corrected chi connectivity index (χ4v) is 2.04. The van der Waals surface area contributed by atoms with Gasteiger partial charge in [0.25, 0.3) is 5.91 Å². The number of hydrogen-bond acceptors (Lipinski definition) is 6. The van der Waals surface area contributed by atoms with Crippen molar-refractivity contribution in [3.63, 3.8) is 0 Å². The van der Waals surface area contributed by atoms with Crippen LogP contribution in [0.5, 0.6) is 0 Å². The van der Waals surface area contributed by atoms with Crippen LogP contribution in [0.2, 0.25) is 0 Å². The second-order valence-corrected chi connectivity index (χ2v) is 4.85. The summed E-state index contributed by atoms with van der Waals surface area (Å²) in [5.41, 5.74) is 6.69. The normalized spacial score (nSPS) is 10.3. The number of rotatable bonds is 5. The molecule has 0 aliphatic heterocycles. The monoisotopic (exact) mass is 323 g/mol. The molecule has 2 heterocycles. The predicted octanol–water partition coefficient (Wildman–Crippen LogP) is 0.473.